The molecule has 1 aromatic carbocycles. The quantitative estimate of drug-likeness (QED) is 0.683. The van der Waals surface area contributed by atoms with Gasteiger partial charge < -0.3 is 9.47 Å². The minimum Gasteiger partial charge on any atom is -0.493 e. The van der Waals surface area contributed by atoms with Gasteiger partial charge in [0.2, 0.25) is 0 Å². The van der Waals surface area contributed by atoms with Gasteiger partial charge in [0.1, 0.15) is 0 Å². The molecule has 0 aliphatic heterocycles. The Balaban J connectivity index is 1.67. The van der Waals surface area contributed by atoms with Gasteiger partial charge in [-0.2, -0.15) is 5.10 Å². The molecule has 0 spiro atoms. The Morgan fingerprint density at radius 3 is 2.81 bits per heavy atom. The van der Waals surface area contributed by atoms with Gasteiger partial charge in [0.25, 0.3) is 5.91 Å². The van der Waals surface area contributed by atoms with Gasteiger partial charge in [-0.1, -0.05) is 12.2 Å². The zero-order valence-corrected chi connectivity index (χ0v) is 12.1. The van der Waals surface area contributed by atoms with Gasteiger partial charge in [-0.05, 0) is 37.0 Å². The van der Waals surface area contributed by atoms with E-state index in [1.807, 2.05) is 0 Å². The van der Waals surface area contributed by atoms with Crippen LogP contribution in [0.5, 0.6) is 11.5 Å². The lowest BCUT2D eigenvalue weighted by atomic mass is 9.74. The number of carbonyl (C=O) groups excluding carboxylic acids is 1. The van der Waals surface area contributed by atoms with Crippen LogP contribution in [0.1, 0.15) is 23.2 Å². The van der Waals surface area contributed by atoms with Crippen molar-refractivity contribution in [2.45, 2.75) is 12.8 Å². The molecule has 3 rings (SSSR count). The largest absolute Gasteiger partial charge is 0.493 e. The fourth-order valence-corrected chi connectivity index (χ4v) is 2.83. The molecule has 1 amide bonds. The van der Waals surface area contributed by atoms with Crippen molar-refractivity contribution in [3.63, 3.8) is 0 Å². The average molecular weight is 286 g/mol. The lowest BCUT2D eigenvalue weighted by molar-refractivity contribution is 0.0953. The zero-order valence-electron chi connectivity index (χ0n) is 12.1. The minimum absolute atomic E-state index is 0.238. The van der Waals surface area contributed by atoms with Gasteiger partial charge >= 0.3 is 0 Å². The number of nitrogens with zero attached hydrogens (tertiary/aromatic N) is 1. The normalized spacial score (nSPS) is 24.4. The van der Waals surface area contributed by atoms with Crippen molar-refractivity contribution in [2.75, 3.05) is 14.2 Å². The second-order valence-electron chi connectivity index (χ2n) is 5.25. The van der Waals surface area contributed by atoms with Crippen molar-refractivity contribution in [3.05, 3.63) is 35.9 Å². The van der Waals surface area contributed by atoms with E-state index in [0.717, 1.165) is 18.6 Å². The molecule has 0 aromatic heterocycles. The second kappa shape index (κ2) is 5.60. The summed E-state index contributed by atoms with van der Waals surface area (Å²) < 4.78 is 10.3. The van der Waals surface area contributed by atoms with E-state index in [0.29, 0.717) is 28.9 Å². The summed E-state index contributed by atoms with van der Waals surface area (Å²) in [5.74, 6) is 2.01. The molecular formula is C16H18N2O3. The Morgan fingerprint density at radius 2 is 2.10 bits per heavy atom. The molecule has 0 heterocycles. The predicted octanol–water partition coefficient (Wildman–Crippen LogP) is 2.39. The Kier molecular flexibility index (Phi) is 3.64. The number of allylic oxidation sites excluding steroid dienone is 2. The summed E-state index contributed by atoms with van der Waals surface area (Å²) in [4.78, 5) is 12.1. The number of hydrazone groups is 1. The smallest absolute Gasteiger partial charge is 0.271 e. The number of hydrogen-bond donors (Lipinski definition) is 1. The van der Waals surface area contributed by atoms with Gasteiger partial charge in [-0.3, -0.25) is 4.79 Å². The third kappa shape index (κ3) is 2.51. The monoisotopic (exact) mass is 286 g/mol. The van der Waals surface area contributed by atoms with Crippen LogP contribution in [0.25, 0.3) is 0 Å². The molecule has 2 aliphatic carbocycles. The highest BCUT2D eigenvalue weighted by molar-refractivity contribution is 5.98. The van der Waals surface area contributed by atoms with Crippen molar-refractivity contribution in [1.82, 2.24) is 5.43 Å². The van der Waals surface area contributed by atoms with E-state index in [9.17, 15) is 4.79 Å². The summed E-state index contributed by atoms with van der Waals surface area (Å²) in [5, 5.41) is 4.25. The van der Waals surface area contributed by atoms with Crippen molar-refractivity contribution in [3.8, 4) is 11.5 Å². The Labute approximate surface area is 123 Å². The first kappa shape index (κ1) is 13.7. The second-order valence-corrected chi connectivity index (χ2v) is 5.25. The van der Waals surface area contributed by atoms with Crippen LogP contribution in [0.3, 0.4) is 0 Å². The van der Waals surface area contributed by atoms with Crippen LogP contribution >= 0.6 is 0 Å². The number of carbonyl (C=O) groups is 1. The molecule has 0 radical (unpaired) electrons. The lowest BCUT2D eigenvalue weighted by Gasteiger charge is -2.31. The maximum atomic E-state index is 12.1. The minimum atomic E-state index is -0.238. The number of amides is 1. The molecule has 2 aliphatic rings. The number of benzene rings is 1. The third-order valence-corrected chi connectivity index (χ3v) is 4.11. The molecule has 0 unspecified atom stereocenters. The maximum absolute atomic E-state index is 12.1. The van der Waals surface area contributed by atoms with Gasteiger partial charge in [0, 0.05) is 17.2 Å². The fraction of sp³-hybridized carbons (Fsp3) is 0.375. The van der Waals surface area contributed by atoms with Crippen LogP contribution in [-0.4, -0.2) is 25.8 Å². The van der Waals surface area contributed by atoms with Crippen LogP contribution in [0.2, 0.25) is 0 Å². The van der Waals surface area contributed by atoms with Gasteiger partial charge in [-0.25, -0.2) is 5.43 Å². The molecule has 0 bridgehead atoms. The zero-order chi connectivity index (χ0) is 14.8. The maximum Gasteiger partial charge on any atom is 0.271 e. The first-order valence-corrected chi connectivity index (χ1v) is 6.98. The van der Waals surface area contributed by atoms with Gasteiger partial charge in [0.15, 0.2) is 11.5 Å². The summed E-state index contributed by atoms with van der Waals surface area (Å²) in [6, 6.07) is 5.05. The molecule has 1 aromatic rings. The fourth-order valence-electron chi connectivity index (χ4n) is 2.83. The predicted molar refractivity (Wildman–Crippen MR) is 79.8 cm³/mol. The van der Waals surface area contributed by atoms with Crippen molar-refractivity contribution >= 4 is 11.6 Å². The highest BCUT2D eigenvalue weighted by Gasteiger charge is 2.38. The molecule has 1 fully saturated rings. The van der Waals surface area contributed by atoms with Gasteiger partial charge in [0.05, 0.1) is 14.2 Å². The summed E-state index contributed by atoms with van der Waals surface area (Å²) in [7, 11) is 3.10. The molecule has 21 heavy (non-hydrogen) atoms. The van der Waals surface area contributed by atoms with Crippen molar-refractivity contribution in [1.29, 1.82) is 0 Å². The van der Waals surface area contributed by atoms with Crippen LogP contribution in [0.15, 0.2) is 35.5 Å². The van der Waals surface area contributed by atoms with Crippen LogP contribution in [0.4, 0.5) is 0 Å². The summed E-state index contributed by atoms with van der Waals surface area (Å²) in [6.07, 6.45) is 6.41. The summed E-state index contributed by atoms with van der Waals surface area (Å²) in [6.45, 7) is 0. The Morgan fingerprint density at radius 1 is 1.29 bits per heavy atom. The molecule has 0 saturated heterocycles. The van der Waals surface area contributed by atoms with Crippen LogP contribution in [0, 0.1) is 11.8 Å². The van der Waals surface area contributed by atoms with E-state index >= 15 is 0 Å². The van der Waals surface area contributed by atoms with E-state index in [1.165, 1.54) is 0 Å². The highest BCUT2D eigenvalue weighted by atomic mass is 16.5. The Hall–Kier alpha value is -2.30. The number of nitrogens with one attached hydrogen (secondary N) is 1. The number of hydrogen-bond acceptors (Lipinski definition) is 4. The standard InChI is InChI=1S/C16H18N2O3/c1-20-14-7-6-11(9-15(14)21-2)16(19)18-17-13-8-10-4-3-5-12(10)13/h3-4,6-7,9-10,12H,5,8H2,1-2H3,(H,18,19)/b17-13+/t10-,12-/m1/s1. The topological polar surface area (TPSA) is 59.9 Å². The number of methoxy groups -OCH3 is 2. The Bertz CT molecular complexity index is 622. The van der Waals surface area contributed by atoms with Gasteiger partial charge in [-0.15, -0.1) is 0 Å². The summed E-state index contributed by atoms with van der Waals surface area (Å²) in [5.41, 5.74) is 4.21. The summed E-state index contributed by atoms with van der Waals surface area (Å²) >= 11 is 0. The lowest BCUT2D eigenvalue weighted by Crippen LogP contribution is -2.35. The molecule has 1 N–H and O–H groups in total. The third-order valence-electron chi connectivity index (χ3n) is 4.11. The SMILES string of the molecule is COc1ccc(C(=O)N/N=C2\C[C@H]3C=CC[C@@H]23)cc1OC. The molecule has 5 nitrogen and oxygen atoms in total. The van der Waals surface area contributed by atoms with Crippen LogP contribution in [-0.2, 0) is 0 Å². The number of fused-ring (bicyclic) bond motifs is 1. The van der Waals surface area contributed by atoms with E-state index in [2.05, 4.69) is 22.7 Å². The van der Waals surface area contributed by atoms with E-state index in [-0.39, 0.29) is 5.91 Å². The van der Waals surface area contributed by atoms with E-state index in [1.54, 1.807) is 32.4 Å². The van der Waals surface area contributed by atoms with Crippen LogP contribution < -0.4 is 14.9 Å². The highest BCUT2D eigenvalue weighted by Crippen LogP contribution is 2.40. The van der Waals surface area contributed by atoms with Crippen molar-refractivity contribution in [2.24, 2.45) is 16.9 Å². The van der Waals surface area contributed by atoms with Crippen molar-refractivity contribution < 1.29 is 14.3 Å². The molecule has 1 saturated carbocycles. The number of rotatable bonds is 4. The molecule has 110 valence electrons. The molecule has 5 heteroatoms. The van der Waals surface area contributed by atoms with E-state index in [4.69, 9.17) is 9.47 Å². The first-order chi connectivity index (χ1) is 10.2. The van der Waals surface area contributed by atoms with E-state index < -0.39 is 0 Å². The first-order valence-electron chi connectivity index (χ1n) is 6.98. The average Bonchev–Trinajstić information content (AvgIpc) is 2.87. The number of ether oxygens (including phenoxy) is 2. The molecule has 2 atom stereocenters. The molecular weight excluding hydrogens is 268 g/mol.